The first-order valence-electron chi connectivity index (χ1n) is 7.06. The molecular formula is C16H23N3. The van der Waals surface area contributed by atoms with Gasteiger partial charge in [-0.1, -0.05) is 37.3 Å². The first-order chi connectivity index (χ1) is 9.24. The highest BCUT2D eigenvalue weighted by molar-refractivity contribution is 5.21. The molecule has 2 rings (SSSR count). The van der Waals surface area contributed by atoms with E-state index in [4.69, 9.17) is 0 Å². The molecule has 0 bridgehead atoms. The molecule has 0 radical (unpaired) electrons. The topological polar surface area (TPSA) is 29.9 Å². The SMILES string of the molecule is CCNC(Cc1ccccc1)c1cc(C)nn1CC. The molecule has 3 nitrogen and oxygen atoms in total. The average molecular weight is 257 g/mol. The highest BCUT2D eigenvalue weighted by atomic mass is 15.3. The second-order valence-corrected chi connectivity index (χ2v) is 4.83. The Balaban J connectivity index is 2.24. The van der Waals surface area contributed by atoms with Crippen molar-refractivity contribution in [1.82, 2.24) is 15.1 Å². The van der Waals surface area contributed by atoms with E-state index in [9.17, 15) is 0 Å². The molecule has 0 saturated carbocycles. The van der Waals surface area contributed by atoms with Crippen molar-refractivity contribution in [2.24, 2.45) is 0 Å². The van der Waals surface area contributed by atoms with Crippen molar-refractivity contribution >= 4 is 0 Å². The number of aromatic nitrogens is 2. The lowest BCUT2D eigenvalue weighted by Gasteiger charge is -2.19. The largest absolute Gasteiger partial charge is 0.309 e. The van der Waals surface area contributed by atoms with Crippen LogP contribution in [-0.4, -0.2) is 16.3 Å². The molecule has 1 unspecified atom stereocenters. The van der Waals surface area contributed by atoms with Gasteiger partial charge < -0.3 is 5.32 Å². The number of hydrogen-bond acceptors (Lipinski definition) is 2. The van der Waals surface area contributed by atoms with Crippen molar-refractivity contribution in [3.63, 3.8) is 0 Å². The zero-order valence-corrected chi connectivity index (χ0v) is 12.1. The summed E-state index contributed by atoms with van der Waals surface area (Å²) >= 11 is 0. The Morgan fingerprint density at radius 1 is 1.21 bits per heavy atom. The standard InChI is InChI=1S/C16H23N3/c1-4-17-15(12-14-9-7-6-8-10-14)16-11-13(3)18-19(16)5-2/h6-11,15,17H,4-5,12H2,1-3H3. The van der Waals surface area contributed by atoms with Gasteiger partial charge in [0.05, 0.1) is 17.4 Å². The van der Waals surface area contributed by atoms with Crippen LogP contribution in [0.4, 0.5) is 0 Å². The predicted octanol–water partition coefficient (Wildman–Crippen LogP) is 3.10. The first-order valence-corrected chi connectivity index (χ1v) is 7.06. The molecule has 1 aromatic heterocycles. The molecule has 3 heteroatoms. The lowest BCUT2D eigenvalue weighted by atomic mass is 10.0. The second kappa shape index (κ2) is 6.53. The van der Waals surface area contributed by atoms with E-state index >= 15 is 0 Å². The molecule has 0 aliphatic heterocycles. The number of nitrogens with zero attached hydrogens (tertiary/aromatic N) is 2. The Morgan fingerprint density at radius 2 is 1.95 bits per heavy atom. The summed E-state index contributed by atoms with van der Waals surface area (Å²) in [7, 11) is 0. The molecule has 1 atom stereocenters. The summed E-state index contributed by atoms with van der Waals surface area (Å²) in [6.45, 7) is 8.23. The molecule has 1 heterocycles. The third-order valence-electron chi connectivity index (χ3n) is 3.32. The third kappa shape index (κ3) is 3.44. The van der Waals surface area contributed by atoms with Crippen molar-refractivity contribution in [1.29, 1.82) is 0 Å². The fraction of sp³-hybridized carbons (Fsp3) is 0.438. The minimum atomic E-state index is 0.327. The number of nitrogens with one attached hydrogen (secondary N) is 1. The molecular weight excluding hydrogens is 234 g/mol. The van der Waals surface area contributed by atoms with Gasteiger partial charge in [-0.15, -0.1) is 0 Å². The van der Waals surface area contributed by atoms with Gasteiger partial charge in [-0.05, 0) is 38.4 Å². The van der Waals surface area contributed by atoms with Crippen molar-refractivity contribution in [2.45, 2.75) is 39.8 Å². The van der Waals surface area contributed by atoms with Crippen molar-refractivity contribution in [3.8, 4) is 0 Å². The van der Waals surface area contributed by atoms with Gasteiger partial charge in [-0.3, -0.25) is 4.68 Å². The maximum atomic E-state index is 4.55. The van der Waals surface area contributed by atoms with Gasteiger partial charge >= 0.3 is 0 Å². The third-order valence-corrected chi connectivity index (χ3v) is 3.32. The Hall–Kier alpha value is -1.61. The summed E-state index contributed by atoms with van der Waals surface area (Å²) in [5.74, 6) is 0. The summed E-state index contributed by atoms with van der Waals surface area (Å²) in [5, 5.41) is 8.13. The molecule has 0 fully saturated rings. The Labute approximate surface area is 115 Å². The van der Waals surface area contributed by atoms with Crippen LogP contribution in [0.15, 0.2) is 36.4 Å². The number of aryl methyl sites for hydroxylation is 2. The second-order valence-electron chi connectivity index (χ2n) is 4.83. The predicted molar refractivity (Wildman–Crippen MR) is 79.2 cm³/mol. The molecule has 19 heavy (non-hydrogen) atoms. The summed E-state index contributed by atoms with van der Waals surface area (Å²) in [6, 6.07) is 13.1. The fourth-order valence-corrected chi connectivity index (χ4v) is 2.48. The zero-order valence-electron chi connectivity index (χ0n) is 12.1. The van der Waals surface area contributed by atoms with Crippen molar-refractivity contribution < 1.29 is 0 Å². The van der Waals surface area contributed by atoms with Crippen molar-refractivity contribution in [2.75, 3.05) is 6.54 Å². The van der Waals surface area contributed by atoms with E-state index in [2.05, 4.69) is 72.3 Å². The number of rotatable bonds is 6. The maximum absolute atomic E-state index is 4.55. The highest BCUT2D eigenvalue weighted by Gasteiger charge is 2.16. The lowest BCUT2D eigenvalue weighted by Crippen LogP contribution is -2.25. The van der Waals surface area contributed by atoms with Crippen LogP contribution in [0, 0.1) is 6.92 Å². The number of likely N-dealkylation sites (N-methyl/N-ethyl adjacent to an activating group) is 1. The van der Waals surface area contributed by atoms with Crippen LogP contribution in [0.25, 0.3) is 0 Å². The Bertz CT molecular complexity index is 502. The van der Waals surface area contributed by atoms with E-state index in [1.807, 2.05) is 0 Å². The Morgan fingerprint density at radius 3 is 2.58 bits per heavy atom. The molecule has 0 spiro atoms. The van der Waals surface area contributed by atoms with E-state index < -0.39 is 0 Å². The summed E-state index contributed by atoms with van der Waals surface area (Å²) in [6.07, 6.45) is 1.000. The molecule has 0 saturated heterocycles. The van der Waals surface area contributed by atoms with Gasteiger partial charge in [0.15, 0.2) is 0 Å². The maximum Gasteiger partial charge on any atom is 0.0597 e. The monoisotopic (exact) mass is 257 g/mol. The van der Waals surface area contributed by atoms with Gasteiger partial charge in [0, 0.05) is 6.54 Å². The fourth-order valence-electron chi connectivity index (χ4n) is 2.48. The molecule has 0 amide bonds. The van der Waals surface area contributed by atoms with E-state index in [-0.39, 0.29) is 0 Å². The lowest BCUT2D eigenvalue weighted by molar-refractivity contribution is 0.490. The van der Waals surface area contributed by atoms with Crippen LogP contribution < -0.4 is 5.32 Å². The molecule has 2 aromatic rings. The zero-order chi connectivity index (χ0) is 13.7. The number of hydrogen-bond donors (Lipinski definition) is 1. The average Bonchev–Trinajstić information content (AvgIpc) is 2.80. The first kappa shape index (κ1) is 13.8. The van der Waals surface area contributed by atoms with Crippen LogP contribution in [0.5, 0.6) is 0 Å². The number of benzene rings is 1. The van der Waals surface area contributed by atoms with Crippen LogP contribution >= 0.6 is 0 Å². The summed E-state index contributed by atoms with van der Waals surface area (Å²) in [5.41, 5.74) is 3.73. The van der Waals surface area contributed by atoms with E-state index in [0.29, 0.717) is 6.04 Å². The quantitative estimate of drug-likeness (QED) is 0.861. The normalized spacial score (nSPS) is 12.6. The van der Waals surface area contributed by atoms with E-state index in [0.717, 1.165) is 25.2 Å². The smallest absolute Gasteiger partial charge is 0.0597 e. The van der Waals surface area contributed by atoms with Gasteiger partial charge in [-0.2, -0.15) is 5.10 Å². The van der Waals surface area contributed by atoms with Gasteiger partial charge in [0.25, 0.3) is 0 Å². The van der Waals surface area contributed by atoms with E-state index in [1.165, 1.54) is 11.3 Å². The van der Waals surface area contributed by atoms with E-state index in [1.54, 1.807) is 0 Å². The Kier molecular flexibility index (Phi) is 4.74. The van der Waals surface area contributed by atoms with Crippen LogP contribution in [0.3, 0.4) is 0 Å². The highest BCUT2D eigenvalue weighted by Crippen LogP contribution is 2.19. The van der Waals surface area contributed by atoms with Crippen LogP contribution in [-0.2, 0) is 13.0 Å². The van der Waals surface area contributed by atoms with Gasteiger partial charge in [0.1, 0.15) is 0 Å². The molecule has 1 N–H and O–H groups in total. The molecule has 0 aliphatic rings. The summed E-state index contributed by atoms with van der Waals surface area (Å²) < 4.78 is 2.10. The van der Waals surface area contributed by atoms with Gasteiger partial charge in [-0.25, -0.2) is 0 Å². The summed E-state index contributed by atoms with van der Waals surface area (Å²) in [4.78, 5) is 0. The minimum absolute atomic E-state index is 0.327. The molecule has 0 aliphatic carbocycles. The molecule has 1 aromatic carbocycles. The van der Waals surface area contributed by atoms with Crippen molar-refractivity contribution in [3.05, 3.63) is 53.3 Å². The van der Waals surface area contributed by atoms with Crippen LogP contribution in [0.2, 0.25) is 0 Å². The minimum Gasteiger partial charge on any atom is -0.309 e. The molecule has 102 valence electrons. The van der Waals surface area contributed by atoms with Crippen LogP contribution in [0.1, 0.15) is 36.8 Å². The van der Waals surface area contributed by atoms with Gasteiger partial charge in [0.2, 0.25) is 0 Å².